The summed E-state index contributed by atoms with van der Waals surface area (Å²) in [5.74, 6) is -1.11. The van der Waals surface area contributed by atoms with Crippen LogP contribution in [0.15, 0.2) is 41.3 Å². The van der Waals surface area contributed by atoms with Crippen LogP contribution in [0.3, 0.4) is 0 Å². The third-order valence-electron chi connectivity index (χ3n) is 4.31. The lowest BCUT2D eigenvalue weighted by molar-refractivity contribution is -0.143. The number of hydrogen-bond acceptors (Lipinski definition) is 7. The number of rotatable bonds is 7. The Morgan fingerprint density at radius 3 is 2.65 bits per heavy atom. The molecule has 2 amide bonds. The van der Waals surface area contributed by atoms with Crippen LogP contribution in [0.1, 0.15) is 11.1 Å². The molecule has 0 atom stereocenters. The molecule has 10 heteroatoms. The summed E-state index contributed by atoms with van der Waals surface area (Å²) < 4.78 is 29.5. The second-order valence-electron chi connectivity index (χ2n) is 6.24. The summed E-state index contributed by atoms with van der Waals surface area (Å²) in [4.78, 5) is 36.9. The molecule has 0 aliphatic carbocycles. The molecule has 1 heterocycles. The monoisotopic (exact) mass is 465 g/mol. The van der Waals surface area contributed by atoms with Crippen LogP contribution in [0.5, 0.6) is 11.5 Å². The predicted octanol–water partition coefficient (Wildman–Crippen LogP) is 4.28. The van der Waals surface area contributed by atoms with Crippen molar-refractivity contribution in [2.75, 3.05) is 20.8 Å². The molecule has 0 bridgehead atoms. The Labute approximate surface area is 186 Å². The molecule has 1 fully saturated rings. The first kappa shape index (κ1) is 22.6. The summed E-state index contributed by atoms with van der Waals surface area (Å²) in [5, 5.41) is -0.338. The number of methoxy groups -OCH3 is 2. The van der Waals surface area contributed by atoms with Gasteiger partial charge >= 0.3 is 5.97 Å². The number of nitrogens with zero attached hydrogens (tertiary/aromatic N) is 1. The van der Waals surface area contributed by atoms with Crippen LogP contribution in [-0.2, 0) is 20.9 Å². The van der Waals surface area contributed by atoms with Crippen LogP contribution in [0, 0.1) is 5.82 Å². The number of amides is 2. The van der Waals surface area contributed by atoms with E-state index in [4.69, 9.17) is 21.1 Å². The Balaban J connectivity index is 1.83. The number of carbonyl (C=O) groups is 3. The third-order valence-corrected chi connectivity index (χ3v) is 5.57. The van der Waals surface area contributed by atoms with E-state index in [2.05, 4.69) is 4.74 Å². The van der Waals surface area contributed by atoms with Gasteiger partial charge in [0, 0.05) is 5.56 Å². The largest absolute Gasteiger partial charge is 0.493 e. The molecular formula is C21H17ClFNO6S. The lowest BCUT2D eigenvalue weighted by Gasteiger charge is -2.13. The average molecular weight is 466 g/mol. The number of imide groups is 1. The maximum Gasteiger partial charge on any atom is 0.325 e. The lowest BCUT2D eigenvalue weighted by Crippen LogP contribution is -2.34. The molecule has 0 saturated carbocycles. The molecule has 0 N–H and O–H groups in total. The van der Waals surface area contributed by atoms with E-state index < -0.39 is 29.5 Å². The third kappa shape index (κ3) is 5.18. The molecule has 162 valence electrons. The highest BCUT2D eigenvalue weighted by Crippen LogP contribution is 2.35. The summed E-state index contributed by atoms with van der Waals surface area (Å²) in [7, 11) is 2.63. The van der Waals surface area contributed by atoms with Gasteiger partial charge in [-0.05, 0) is 47.7 Å². The van der Waals surface area contributed by atoms with E-state index in [9.17, 15) is 18.8 Å². The minimum absolute atomic E-state index is 0.138. The van der Waals surface area contributed by atoms with Crippen LogP contribution in [0.2, 0.25) is 5.02 Å². The fourth-order valence-corrected chi connectivity index (χ4v) is 3.75. The van der Waals surface area contributed by atoms with Crippen LogP contribution in [-0.4, -0.2) is 42.8 Å². The van der Waals surface area contributed by atoms with Gasteiger partial charge in [0.2, 0.25) is 0 Å². The molecule has 1 aliphatic heterocycles. The van der Waals surface area contributed by atoms with E-state index >= 15 is 0 Å². The zero-order chi connectivity index (χ0) is 22.5. The maximum absolute atomic E-state index is 14.0. The van der Waals surface area contributed by atoms with E-state index in [-0.39, 0.29) is 22.1 Å². The highest BCUT2D eigenvalue weighted by molar-refractivity contribution is 8.18. The van der Waals surface area contributed by atoms with Crippen molar-refractivity contribution in [1.29, 1.82) is 0 Å². The van der Waals surface area contributed by atoms with E-state index in [1.54, 1.807) is 24.3 Å². The Hall–Kier alpha value is -3.04. The van der Waals surface area contributed by atoms with Crippen LogP contribution in [0.4, 0.5) is 9.18 Å². The molecule has 2 aromatic rings. The Kier molecular flexibility index (Phi) is 7.19. The number of carbonyl (C=O) groups excluding carboxylic acids is 3. The second-order valence-corrected chi connectivity index (χ2v) is 7.64. The topological polar surface area (TPSA) is 82.1 Å². The van der Waals surface area contributed by atoms with Gasteiger partial charge in [0.15, 0.2) is 11.5 Å². The fourth-order valence-electron chi connectivity index (χ4n) is 2.70. The fraction of sp³-hybridized carbons (Fsp3) is 0.190. The Morgan fingerprint density at radius 1 is 1.19 bits per heavy atom. The number of benzene rings is 2. The summed E-state index contributed by atoms with van der Waals surface area (Å²) in [6.07, 6.45) is 1.49. The molecule has 0 spiro atoms. The van der Waals surface area contributed by atoms with Gasteiger partial charge in [0.05, 0.1) is 24.1 Å². The van der Waals surface area contributed by atoms with Gasteiger partial charge in [-0.15, -0.1) is 0 Å². The molecule has 3 rings (SSSR count). The van der Waals surface area contributed by atoms with Crippen LogP contribution in [0.25, 0.3) is 6.08 Å². The number of thioether (sulfide) groups is 1. The quantitative estimate of drug-likeness (QED) is 0.446. The van der Waals surface area contributed by atoms with Gasteiger partial charge in [0.1, 0.15) is 19.0 Å². The number of ether oxygens (including phenoxy) is 3. The molecule has 7 nitrogen and oxygen atoms in total. The number of hydrogen-bond donors (Lipinski definition) is 0. The SMILES string of the molecule is COC(=O)CN1C(=O)S/C(=C/c2ccc(OC)c(OCc3c(F)cccc3Cl)c2)C1=O. The summed E-state index contributed by atoms with van der Waals surface area (Å²) in [6.45, 7) is -0.597. The molecule has 1 aliphatic rings. The standard InChI is InChI=1S/C21H17ClFNO6S/c1-28-16-7-6-12(8-17(16)30-11-13-14(22)4-3-5-15(13)23)9-18-20(26)24(21(27)31-18)10-19(25)29-2/h3-9H,10-11H2,1-2H3/b18-9+. The summed E-state index contributed by atoms with van der Waals surface area (Å²) >= 11 is 6.74. The Morgan fingerprint density at radius 2 is 1.97 bits per heavy atom. The van der Waals surface area contributed by atoms with Crippen molar-refractivity contribution in [3.63, 3.8) is 0 Å². The first-order chi connectivity index (χ1) is 14.8. The van der Waals surface area contributed by atoms with E-state index in [0.717, 1.165) is 4.90 Å². The van der Waals surface area contributed by atoms with Crippen molar-refractivity contribution in [1.82, 2.24) is 4.90 Å². The zero-order valence-corrected chi connectivity index (χ0v) is 18.1. The first-order valence-electron chi connectivity index (χ1n) is 8.90. The van der Waals surface area contributed by atoms with Crippen molar-refractivity contribution in [2.24, 2.45) is 0 Å². The van der Waals surface area contributed by atoms with Gasteiger partial charge in [-0.3, -0.25) is 19.3 Å². The Bertz CT molecular complexity index is 1050. The van der Waals surface area contributed by atoms with Gasteiger partial charge in [-0.25, -0.2) is 4.39 Å². The van der Waals surface area contributed by atoms with Crippen molar-refractivity contribution in [3.05, 3.63) is 63.3 Å². The highest BCUT2D eigenvalue weighted by Gasteiger charge is 2.36. The first-order valence-corrected chi connectivity index (χ1v) is 10.1. The molecule has 2 aromatic carbocycles. The lowest BCUT2D eigenvalue weighted by atomic mass is 10.1. The average Bonchev–Trinajstić information content (AvgIpc) is 3.00. The van der Waals surface area contributed by atoms with Crippen molar-refractivity contribution in [3.8, 4) is 11.5 Å². The number of halogens is 2. The van der Waals surface area contributed by atoms with Crippen molar-refractivity contribution < 1.29 is 33.0 Å². The van der Waals surface area contributed by atoms with E-state index in [1.807, 2.05) is 0 Å². The van der Waals surface area contributed by atoms with Crippen LogP contribution >= 0.6 is 23.4 Å². The second kappa shape index (κ2) is 9.84. The van der Waals surface area contributed by atoms with Crippen molar-refractivity contribution >= 4 is 46.6 Å². The molecule has 0 aromatic heterocycles. The molecule has 1 saturated heterocycles. The normalized spacial score (nSPS) is 14.8. The minimum atomic E-state index is -0.699. The molecule has 0 radical (unpaired) electrons. The zero-order valence-electron chi connectivity index (χ0n) is 16.5. The van der Waals surface area contributed by atoms with E-state index in [1.165, 1.54) is 32.4 Å². The van der Waals surface area contributed by atoms with Gasteiger partial charge < -0.3 is 14.2 Å². The number of esters is 1. The molecule has 31 heavy (non-hydrogen) atoms. The van der Waals surface area contributed by atoms with Crippen molar-refractivity contribution in [2.45, 2.75) is 6.61 Å². The minimum Gasteiger partial charge on any atom is -0.493 e. The van der Waals surface area contributed by atoms with Gasteiger partial charge in [0.25, 0.3) is 11.1 Å². The summed E-state index contributed by atoms with van der Waals surface area (Å²) in [6, 6.07) is 9.19. The van der Waals surface area contributed by atoms with Crippen LogP contribution < -0.4 is 9.47 Å². The summed E-state index contributed by atoms with van der Waals surface area (Å²) in [5.41, 5.74) is 0.736. The maximum atomic E-state index is 14.0. The van der Waals surface area contributed by atoms with Gasteiger partial charge in [-0.1, -0.05) is 23.7 Å². The highest BCUT2D eigenvalue weighted by atomic mass is 35.5. The smallest absolute Gasteiger partial charge is 0.325 e. The van der Waals surface area contributed by atoms with E-state index in [0.29, 0.717) is 28.8 Å². The van der Waals surface area contributed by atoms with Gasteiger partial charge in [-0.2, -0.15) is 0 Å². The molecular weight excluding hydrogens is 449 g/mol. The predicted molar refractivity (Wildman–Crippen MR) is 113 cm³/mol. The molecule has 0 unspecified atom stereocenters.